The van der Waals surface area contributed by atoms with E-state index in [1.807, 2.05) is 13.8 Å². The molecule has 1 aliphatic heterocycles. The van der Waals surface area contributed by atoms with Gasteiger partial charge in [0.1, 0.15) is 0 Å². The third kappa shape index (κ3) is 5.10. The average molecular weight is 438 g/mol. The molecule has 1 aromatic carbocycles. The summed E-state index contributed by atoms with van der Waals surface area (Å²) in [5, 5.41) is 5.25. The number of carbonyl (C=O) groups is 1. The molecule has 1 saturated heterocycles. The highest BCUT2D eigenvalue weighted by molar-refractivity contribution is 7.89. The molecule has 0 bridgehead atoms. The third-order valence-electron chi connectivity index (χ3n) is 4.78. The molecule has 0 saturated carbocycles. The van der Waals surface area contributed by atoms with Gasteiger partial charge in [-0.15, -0.1) is 0 Å². The molecule has 3 rings (SSSR count). The first kappa shape index (κ1) is 22.1. The summed E-state index contributed by atoms with van der Waals surface area (Å²) in [5.41, 5.74) is 1.32. The van der Waals surface area contributed by atoms with E-state index in [1.165, 1.54) is 8.87 Å². The zero-order valence-electron chi connectivity index (χ0n) is 17.2. The summed E-state index contributed by atoms with van der Waals surface area (Å²) in [6.45, 7) is 6.00. The molecule has 11 heteroatoms. The molecule has 0 spiro atoms. The van der Waals surface area contributed by atoms with Crippen molar-refractivity contribution < 1.29 is 17.9 Å². The Bertz CT molecular complexity index is 1050. The summed E-state index contributed by atoms with van der Waals surface area (Å²) in [6.07, 6.45) is 1.24. The van der Waals surface area contributed by atoms with E-state index in [0.29, 0.717) is 30.2 Å². The Kier molecular flexibility index (Phi) is 6.64. The van der Waals surface area contributed by atoms with Crippen LogP contribution in [0, 0.1) is 6.92 Å². The summed E-state index contributed by atoms with van der Waals surface area (Å²) in [6, 6.07) is 6.32. The summed E-state index contributed by atoms with van der Waals surface area (Å²) in [5.74, 6) is -0.210. The largest absolute Gasteiger partial charge is 0.373 e. The zero-order valence-corrected chi connectivity index (χ0v) is 18.0. The van der Waals surface area contributed by atoms with Crippen molar-refractivity contribution in [3.8, 4) is 5.69 Å². The fraction of sp³-hybridized carbons (Fsp3) is 0.474. The van der Waals surface area contributed by atoms with Gasteiger partial charge in [-0.05, 0) is 32.9 Å². The number of benzene rings is 1. The van der Waals surface area contributed by atoms with E-state index in [9.17, 15) is 18.0 Å². The van der Waals surface area contributed by atoms with Crippen molar-refractivity contribution in [3.05, 3.63) is 46.6 Å². The number of carbonyl (C=O) groups excluding carboxylic acids is 1. The van der Waals surface area contributed by atoms with E-state index >= 15 is 0 Å². The quantitative estimate of drug-likeness (QED) is 0.623. The lowest BCUT2D eigenvalue weighted by atomic mass is 10.2. The minimum absolute atomic E-state index is 0.0421. The molecule has 2 unspecified atom stereocenters. The highest BCUT2D eigenvalue weighted by Gasteiger charge is 2.30. The SMILES string of the molecule is Cc1c[nH]c(=O)n1-c1ccccc1NC(=O)NCCS(=O)(=O)N1CC(C)OC(C)C1. The normalized spacial score (nSPS) is 20.1. The standard InChI is InChI=1S/C19H27N5O5S/c1-13-10-21-19(26)24(13)17-7-5-4-6-16(17)22-18(25)20-8-9-30(27,28)23-11-14(2)29-15(3)12-23/h4-7,10,14-15H,8-9,11-12H2,1-3H3,(H,21,26)(H2,20,22,25). The third-order valence-corrected chi connectivity index (χ3v) is 6.58. The number of aromatic nitrogens is 2. The molecule has 2 aromatic rings. The van der Waals surface area contributed by atoms with Crippen molar-refractivity contribution in [3.63, 3.8) is 0 Å². The molecule has 2 amide bonds. The Hall–Kier alpha value is -2.63. The minimum Gasteiger partial charge on any atom is -0.373 e. The Labute approximate surface area is 175 Å². The smallest absolute Gasteiger partial charge is 0.330 e. The van der Waals surface area contributed by atoms with Crippen LogP contribution in [0.4, 0.5) is 10.5 Å². The number of para-hydroxylation sites is 2. The number of amides is 2. The van der Waals surface area contributed by atoms with Crippen LogP contribution in [-0.2, 0) is 14.8 Å². The number of aryl methyl sites for hydroxylation is 1. The van der Waals surface area contributed by atoms with Crippen LogP contribution in [0.3, 0.4) is 0 Å². The van der Waals surface area contributed by atoms with Gasteiger partial charge in [0.2, 0.25) is 10.0 Å². The lowest BCUT2D eigenvalue weighted by Gasteiger charge is -2.34. The molecule has 1 fully saturated rings. The highest BCUT2D eigenvalue weighted by atomic mass is 32.2. The van der Waals surface area contributed by atoms with Crippen LogP contribution in [0.2, 0.25) is 0 Å². The van der Waals surface area contributed by atoms with Crippen molar-refractivity contribution in [1.82, 2.24) is 19.2 Å². The number of nitrogens with one attached hydrogen (secondary N) is 3. The van der Waals surface area contributed by atoms with Crippen molar-refractivity contribution >= 4 is 21.7 Å². The summed E-state index contributed by atoms with van der Waals surface area (Å²) >= 11 is 0. The summed E-state index contributed by atoms with van der Waals surface area (Å²) < 4.78 is 33.5. The number of hydrogen-bond acceptors (Lipinski definition) is 5. The number of hydrogen-bond donors (Lipinski definition) is 3. The van der Waals surface area contributed by atoms with Crippen molar-refractivity contribution in [2.75, 3.05) is 30.7 Å². The van der Waals surface area contributed by atoms with Crippen LogP contribution in [0.5, 0.6) is 0 Å². The second kappa shape index (κ2) is 9.02. The maximum absolute atomic E-state index is 12.6. The first-order chi connectivity index (χ1) is 14.2. The van der Waals surface area contributed by atoms with E-state index in [-0.39, 0.29) is 30.2 Å². The lowest BCUT2D eigenvalue weighted by molar-refractivity contribution is -0.0440. The molecule has 1 aliphatic rings. The van der Waals surface area contributed by atoms with Gasteiger partial charge in [-0.25, -0.2) is 18.0 Å². The predicted octanol–water partition coefficient (Wildman–Crippen LogP) is 1.03. The number of H-pyrrole nitrogens is 1. The van der Waals surface area contributed by atoms with Gasteiger partial charge in [0.25, 0.3) is 0 Å². The lowest BCUT2D eigenvalue weighted by Crippen LogP contribution is -2.49. The van der Waals surface area contributed by atoms with Crippen LogP contribution >= 0.6 is 0 Å². The van der Waals surface area contributed by atoms with E-state index in [0.717, 1.165) is 0 Å². The number of anilines is 1. The van der Waals surface area contributed by atoms with Gasteiger partial charge in [-0.1, -0.05) is 12.1 Å². The van der Waals surface area contributed by atoms with E-state index < -0.39 is 16.1 Å². The Morgan fingerprint density at radius 2 is 1.90 bits per heavy atom. The molecule has 3 N–H and O–H groups in total. The molecule has 1 aromatic heterocycles. The fourth-order valence-electron chi connectivity index (χ4n) is 3.48. The topological polar surface area (TPSA) is 126 Å². The van der Waals surface area contributed by atoms with E-state index in [4.69, 9.17) is 4.74 Å². The number of ether oxygens (including phenoxy) is 1. The summed E-state index contributed by atoms with van der Waals surface area (Å²) in [7, 11) is -3.51. The number of urea groups is 1. The minimum atomic E-state index is -3.51. The van der Waals surface area contributed by atoms with Crippen LogP contribution in [0.15, 0.2) is 35.3 Å². The van der Waals surface area contributed by atoms with Gasteiger partial charge in [-0.2, -0.15) is 4.31 Å². The van der Waals surface area contributed by atoms with Crippen LogP contribution < -0.4 is 16.3 Å². The summed E-state index contributed by atoms with van der Waals surface area (Å²) in [4.78, 5) is 27.0. The molecule has 2 heterocycles. The Balaban J connectivity index is 1.60. The molecular formula is C19H27N5O5S. The number of imidazole rings is 1. The average Bonchev–Trinajstić information content (AvgIpc) is 2.99. The molecule has 10 nitrogen and oxygen atoms in total. The van der Waals surface area contributed by atoms with E-state index in [2.05, 4.69) is 15.6 Å². The zero-order chi connectivity index (χ0) is 21.9. The molecule has 0 aliphatic carbocycles. The van der Waals surface area contributed by atoms with Gasteiger partial charge in [0, 0.05) is 31.5 Å². The van der Waals surface area contributed by atoms with Crippen molar-refractivity contribution in [1.29, 1.82) is 0 Å². The molecular weight excluding hydrogens is 410 g/mol. The van der Waals surface area contributed by atoms with Crippen LogP contribution in [0.25, 0.3) is 5.69 Å². The van der Waals surface area contributed by atoms with Crippen LogP contribution in [0.1, 0.15) is 19.5 Å². The van der Waals surface area contributed by atoms with E-state index in [1.54, 1.807) is 37.4 Å². The molecule has 30 heavy (non-hydrogen) atoms. The second-order valence-corrected chi connectivity index (χ2v) is 9.45. The van der Waals surface area contributed by atoms with Gasteiger partial charge in [-0.3, -0.25) is 4.57 Å². The first-order valence-corrected chi connectivity index (χ1v) is 11.3. The number of rotatable bonds is 6. The highest BCUT2D eigenvalue weighted by Crippen LogP contribution is 2.20. The molecule has 164 valence electrons. The van der Waals surface area contributed by atoms with Crippen molar-refractivity contribution in [2.24, 2.45) is 0 Å². The first-order valence-electron chi connectivity index (χ1n) is 9.72. The predicted molar refractivity (Wildman–Crippen MR) is 114 cm³/mol. The van der Waals surface area contributed by atoms with Gasteiger partial charge in [0.05, 0.1) is 29.3 Å². The number of morpholine rings is 1. The maximum Gasteiger partial charge on any atom is 0.330 e. The number of aromatic amines is 1. The maximum atomic E-state index is 12.6. The Morgan fingerprint density at radius 1 is 1.23 bits per heavy atom. The van der Waals surface area contributed by atoms with Crippen molar-refractivity contribution in [2.45, 2.75) is 33.0 Å². The fourth-order valence-corrected chi connectivity index (χ4v) is 4.97. The Morgan fingerprint density at radius 3 is 2.53 bits per heavy atom. The van der Waals surface area contributed by atoms with Gasteiger partial charge < -0.3 is 20.4 Å². The second-order valence-electron chi connectivity index (χ2n) is 7.36. The van der Waals surface area contributed by atoms with Crippen LogP contribution in [-0.4, -0.2) is 65.9 Å². The molecule has 2 atom stereocenters. The van der Waals surface area contributed by atoms with Gasteiger partial charge >= 0.3 is 11.7 Å². The number of sulfonamides is 1. The van der Waals surface area contributed by atoms with Gasteiger partial charge in [0.15, 0.2) is 0 Å². The number of nitrogens with zero attached hydrogens (tertiary/aromatic N) is 2. The molecule has 0 radical (unpaired) electrons. The monoisotopic (exact) mass is 437 g/mol.